The van der Waals surface area contributed by atoms with Gasteiger partial charge in [-0.2, -0.15) is 0 Å². The number of likely N-dealkylation sites (tertiary alicyclic amines) is 2. The van der Waals surface area contributed by atoms with Gasteiger partial charge in [0.25, 0.3) is 0 Å². The zero-order chi connectivity index (χ0) is 20.9. The van der Waals surface area contributed by atoms with E-state index < -0.39 is 0 Å². The molecule has 2 aromatic rings. The van der Waals surface area contributed by atoms with Crippen LogP contribution in [0.2, 0.25) is 0 Å². The molecule has 1 aliphatic carbocycles. The number of fused-ring (bicyclic) bond motifs is 2. The Morgan fingerprint density at radius 3 is 1.70 bits per heavy atom. The van der Waals surface area contributed by atoms with Crippen molar-refractivity contribution in [1.29, 1.82) is 0 Å². The SMILES string of the molecule is CC1(C)C2CN(CC3CC3)CC1CN(C(c1ccc(F)cc1)c1ccc(F)cc1)C2. The van der Waals surface area contributed by atoms with Gasteiger partial charge in [-0.25, -0.2) is 8.78 Å². The molecule has 0 radical (unpaired) electrons. The predicted octanol–water partition coefficient (Wildman–Crippen LogP) is 5.35. The fourth-order valence-corrected chi connectivity index (χ4v) is 5.66. The monoisotopic (exact) mass is 410 g/mol. The molecule has 30 heavy (non-hydrogen) atoms. The molecule has 2 nitrogen and oxygen atoms in total. The van der Waals surface area contributed by atoms with Crippen molar-refractivity contribution in [2.75, 3.05) is 32.7 Å². The molecule has 2 aromatic carbocycles. The van der Waals surface area contributed by atoms with Crippen LogP contribution in [0, 0.1) is 34.8 Å². The quantitative estimate of drug-likeness (QED) is 0.655. The molecule has 0 aromatic heterocycles. The summed E-state index contributed by atoms with van der Waals surface area (Å²) < 4.78 is 27.2. The fraction of sp³-hybridized carbons (Fsp3) is 0.538. The normalized spacial score (nSPS) is 26.8. The number of halogens is 2. The Hall–Kier alpha value is -1.78. The Kier molecular flexibility index (Phi) is 5.19. The molecule has 3 aliphatic rings. The standard InChI is InChI=1S/C26H32F2N2/c1-26(2)21-14-29(13-18-3-4-18)15-22(26)17-30(16-21)25(19-5-9-23(27)10-6-19)20-7-11-24(28)12-8-20/h5-12,18,21-22,25H,3-4,13-17H2,1-2H3. The Labute approximate surface area is 178 Å². The Bertz CT molecular complexity index is 809. The highest BCUT2D eigenvalue weighted by Gasteiger charge is 2.49. The highest BCUT2D eigenvalue weighted by Crippen LogP contribution is 2.47. The number of piperidine rings is 2. The van der Waals surface area contributed by atoms with Gasteiger partial charge in [0.1, 0.15) is 11.6 Å². The number of benzene rings is 2. The van der Waals surface area contributed by atoms with Crippen LogP contribution in [0.25, 0.3) is 0 Å². The summed E-state index contributed by atoms with van der Waals surface area (Å²) in [6.07, 6.45) is 2.80. The predicted molar refractivity (Wildman–Crippen MR) is 116 cm³/mol. The first-order valence-electron chi connectivity index (χ1n) is 11.4. The molecular formula is C26H32F2N2. The van der Waals surface area contributed by atoms with Gasteiger partial charge >= 0.3 is 0 Å². The summed E-state index contributed by atoms with van der Waals surface area (Å²) in [7, 11) is 0. The number of rotatable bonds is 5. The van der Waals surface area contributed by atoms with Crippen LogP contribution in [0.1, 0.15) is 43.9 Å². The van der Waals surface area contributed by atoms with Crippen LogP contribution in [0.5, 0.6) is 0 Å². The van der Waals surface area contributed by atoms with Gasteiger partial charge in [0.2, 0.25) is 0 Å². The summed E-state index contributed by atoms with van der Waals surface area (Å²) in [5, 5.41) is 0. The molecule has 0 N–H and O–H groups in total. The average molecular weight is 411 g/mol. The molecule has 2 heterocycles. The van der Waals surface area contributed by atoms with E-state index in [-0.39, 0.29) is 17.7 Å². The Morgan fingerprint density at radius 2 is 1.27 bits per heavy atom. The van der Waals surface area contributed by atoms with Gasteiger partial charge in [0.15, 0.2) is 0 Å². The molecular weight excluding hydrogens is 378 g/mol. The molecule has 2 bridgehead atoms. The number of hydrogen-bond acceptors (Lipinski definition) is 2. The number of nitrogens with zero attached hydrogens (tertiary/aromatic N) is 2. The molecule has 2 atom stereocenters. The lowest BCUT2D eigenvalue weighted by Gasteiger charge is -2.57. The minimum atomic E-state index is -0.219. The van der Waals surface area contributed by atoms with Crippen molar-refractivity contribution in [1.82, 2.24) is 9.80 Å². The van der Waals surface area contributed by atoms with E-state index in [1.807, 2.05) is 24.3 Å². The first-order valence-corrected chi connectivity index (χ1v) is 11.4. The van der Waals surface area contributed by atoms with E-state index in [0.717, 1.165) is 43.2 Å². The van der Waals surface area contributed by atoms with Crippen molar-refractivity contribution in [3.05, 3.63) is 71.3 Å². The van der Waals surface area contributed by atoms with E-state index in [1.165, 1.54) is 43.7 Å². The minimum absolute atomic E-state index is 0.0299. The van der Waals surface area contributed by atoms with E-state index in [0.29, 0.717) is 17.3 Å². The van der Waals surface area contributed by atoms with Gasteiger partial charge in [0, 0.05) is 32.7 Å². The summed E-state index contributed by atoms with van der Waals surface area (Å²) in [6.45, 7) is 10.5. The van der Waals surface area contributed by atoms with Crippen LogP contribution >= 0.6 is 0 Å². The molecule has 1 saturated carbocycles. The van der Waals surface area contributed by atoms with Gasteiger partial charge in [0.05, 0.1) is 6.04 Å². The summed E-state index contributed by atoms with van der Waals surface area (Å²) >= 11 is 0. The van der Waals surface area contributed by atoms with E-state index in [4.69, 9.17) is 0 Å². The van der Waals surface area contributed by atoms with E-state index >= 15 is 0 Å². The lowest BCUT2D eigenvalue weighted by atomic mass is 9.63. The maximum absolute atomic E-state index is 13.6. The molecule has 5 rings (SSSR count). The fourth-order valence-electron chi connectivity index (χ4n) is 5.66. The second-order valence-electron chi connectivity index (χ2n) is 10.3. The van der Waals surface area contributed by atoms with Gasteiger partial charge in [-0.3, -0.25) is 4.90 Å². The third kappa shape index (κ3) is 3.92. The van der Waals surface area contributed by atoms with Crippen molar-refractivity contribution in [2.24, 2.45) is 23.2 Å². The topological polar surface area (TPSA) is 6.48 Å². The van der Waals surface area contributed by atoms with Crippen LogP contribution in [-0.2, 0) is 0 Å². The zero-order valence-corrected chi connectivity index (χ0v) is 18.0. The van der Waals surface area contributed by atoms with Gasteiger partial charge in [-0.05, 0) is 71.4 Å². The molecule has 2 unspecified atom stereocenters. The van der Waals surface area contributed by atoms with Gasteiger partial charge in [-0.1, -0.05) is 38.1 Å². The highest BCUT2D eigenvalue weighted by atomic mass is 19.1. The lowest BCUT2D eigenvalue weighted by Crippen LogP contribution is -2.62. The second-order valence-corrected chi connectivity index (χ2v) is 10.3. The van der Waals surface area contributed by atoms with Crippen LogP contribution in [0.15, 0.2) is 48.5 Å². The molecule has 160 valence electrons. The largest absolute Gasteiger partial charge is 0.302 e. The molecule has 2 saturated heterocycles. The van der Waals surface area contributed by atoms with Crippen molar-refractivity contribution < 1.29 is 8.78 Å². The first kappa shape index (κ1) is 20.1. The summed E-state index contributed by atoms with van der Waals surface area (Å²) in [6, 6.07) is 13.7. The summed E-state index contributed by atoms with van der Waals surface area (Å²) in [5.41, 5.74) is 2.48. The third-order valence-electron chi connectivity index (χ3n) is 7.92. The Morgan fingerprint density at radius 1 is 0.800 bits per heavy atom. The van der Waals surface area contributed by atoms with E-state index in [2.05, 4.69) is 23.6 Å². The molecule has 0 amide bonds. The minimum Gasteiger partial charge on any atom is -0.302 e. The second kappa shape index (κ2) is 7.72. The van der Waals surface area contributed by atoms with Gasteiger partial charge < -0.3 is 4.90 Å². The van der Waals surface area contributed by atoms with Crippen LogP contribution in [0.4, 0.5) is 8.78 Å². The maximum atomic E-state index is 13.6. The first-order chi connectivity index (χ1) is 14.4. The molecule has 0 spiro atoms. The van der Waals surface area contributed by atoms with Crippen LogP contribution < -0.4 is 0 Å². The highest BCUT2D eigenvalue weighted by molar-refractivity contribution is 5.33. The maximum Gasteiger partial charge on any atom is 0.123 e. The van der Waals surface area contributed by atoms with Gasteiger partial charge in [-0.15, -0.1) is 0 Å². The zero-order valence-electron chi connectivity index (χ0n) is 18.0. The molecule has 3 fully saturated rings. The van der Waals surface area contributed by atoms with E-state index in [1.54, 1.807) is 0 Å². The summed E-state index contributed by atoms with van der Waals surface area (Å²) in [4.78, 5) is 5.27. The van der Waals surface area contributed by atoms with Crippen molar-refractivity contribution in [3.8, 4) is 0 Å². The molecule has 2 aliphatic heterocycles. The lowest BCUT2D eigenvalue weighted by molar-refractivity contribution is -0.0804. The van der Waals surface area contributed by atoms with Crippen molar-refractivity contribution >= 4 is 0 Å². The Balaban J connectivity index is 1.44. The molecule has 4 heteroatoms. The number of hydrogen-bond donors (Lipinski definition) is 0. The van der Waals surface area contributed by atoms with Crippen LogP contribution in [0.3, 0.4) is 0 Å². The average Bonchev–Trinajstić information content (AvgIpc) is 3.50. The third-order valence-corrected chi connectivity index (χ3v) is 7.92. The van der Waals surface area contributed by atoms with E-state index in [9.17, 15) is 8.78 Å². The van der Waals surface area contributed by atoms with Crippen LogP contribution in [-0.4, -0.2) is 42.5 Å². The van der Waals surface area contributed by atoms with Crippen molar-refractivity contribution in [3.63, 3.8) is 0 Å². The summed E-state index contributed by atoms with van der Waals surface area (Å²) in [5.74, 6) is 1.70. The smallest absolute Gasteiger partial charge is 0.123 e. The van der Waals surface area contributed by atoms with Crippen molar-refractivity contribution in [2.45, 2.75) is 32.7 Å².